The number of nitrogens with one attached hydrogen (secondary N) is 2. The number of aromatic amines is 1. The van der Waals surface area contributed by atoms with Crippen LogP contribution in [-0.2, 0) is 0 Å². The van der Waals surface area contributed by atoms with Crippen LogP contribution in [0.5, 0.6) is 0 Å². The predicted molar refractivity (Wildman–Crippen MR) is 75.2 cm³/mol. The number of hydrogen-bond acceptors (Lipinski definition) is 4. The Balaban J connectivity index is 1.91. The Kier molecular flexibility index (Phi) is 3.07. The number of rotatable bonds is 3. The summed E-state index contributed by atoms with van der Waals surface area (Å²) in [6.07, 6.45) is 1.55. The molecule has 1 amide bonds. The van der Waals surface area contributed by atoms with Gasteiger partial charge >= 0.3 is 5.97 Å². The van der Waals surface area contributed by atoms with Gasteiger partial charge in [0.05, 0.1) is 0 Å². The molecule has 2 aromatic heterocycles. The molecule has 0 saturated carbocycles. The zero-order valence-corrected chi connectivity index (χ0v) is 10.7. The number of amides is 1. The van der Waals surface area contributed by atoms with Gasteiger partial charge in [-0.3, -0.25) is 14.9 Å². The molecule has 0 spiro atoms. The van der Waals surface area contributed by atoms with E-state index in [0.29, 0.717) is 5.39 Å². The molecule has 3 aromatic rings. The van der Waals surface area contributed by atoms with Gasteiger partial charge in [0, 0.05) is 17.6 Å². The summed E-state index contributed by atoms with van der Waals surface area (Å²) in [5, 5.41) is 19.0. The van der Waals surface area contributed by atoms with Gasteiger partial charge in [0.2, 0.25) is 0 Å². The topological polar surface area (TPSA) is 108 Å². The van der Waals surface area contributed by atoms with E-state index in [4.69, 9.17) is 5.11 Å². The van der Waals surface area contributed by atoms with Gasteiger partial charge in [-0.25, -0.2) is 4.79 Å². The molecule has 0 saturated heterocycles. The molecule has 0 aliphatic rings. The van der Waals surface area contributed by atoms with Crippen molar-refractivity contribution in [2.45, 2.75) is 0 Å². The minimum Gasteiger partial charge on any atom is -0.477 e. The van der Waals surface area contributed by atoms with Crippen molar-refractivity contribution in [1.82, 2.24) is 15.2 Å². The van der Waals surface area contributed by atoms with E-state index in [0.717, 1.165) is 5.39 Å². The number of carboxylic acids is 1. The second-order valence-corrected chi connectivity index (χ2v) is 4.31. The molecule has 3 rings (SSSR count). The Bertz CT molecular complexity index is 836. The highest BCUT2D eigenvalue weighted by molar-refractivity contribution is 6.11. The van der Waals surface area contributed by atoms with Gasteiger partial charge in [-0.1, -0.05) is 24.3 Å². The van der Waals surface area contributed by atoms with Gasteiger partial charge in [0.15, 0.2) is 5.82 Å². The SMILES string of the molecule is O=C(O)c1cc(NC(=O)c2nccc3ccccc23)n[nH]1. The summed E-state index contributed by atoms with van der Waals surface area (Å²) in [6, 6.07) is 10.4. The number of aromatic carboxylic acids is 1. The lowest BCUT2D eigenvalue weighted by Gasteiger charge is -2.04. The van der Waals surface area contributed by atoms with Crippen molar-refractivity contribution in [1.29, 1.82) is 0 Å². The molecule has 0 radical (unpaired) electrons. The molecule has 21 heavy (non-hydrogen) atoms. The van der Waals surface area contributed by atoms with E-state index in [1.54, 1.807) is 12.3 Å². The molecule has 0 aliphatic carbocycles. The Hall–Kier alpha value is -3.22. The first kappa shape index (κ1) is 12.8. The van der Waals surface area contributed by atoms with Crippen molar-refractivity contribution >= 4 is 28.5 Å². The van der Waals surface area contributed by atoms with Crippen LogP contribution in [0.4, 0.5) is 5.82 Å². The summed E-state index contributed by atoms with van der Waals surface area (Å²) in [4.78, 5) is 27.1. The fourth-order valence-corrected chi connectivity index (χ4v) is 1.97. The zero-order valence-electron chi connectivity index (χ0n) is 10.7. The van der Waals surface area contributed by atoms with E-state index >= 15 is 0 Å². The van der Waals surface area contributed by atoms with Crippen LogP contribution in [-0.4, -0.2) is 32.2 Å². The quantitative estimate of drug-likeness (QED) is 0.680. The Labute approximate surface area is 118 Å². The van der Waals surface area contributed by atoms with Crippen LogP contribution in [0.2, 0.25) is 0 Å². The minimum atomic E-state index is -1.15. The molecule has 0 atom stereocenters. The number of H-pyrrole nitrogens is 1. The van der Waals surface area contributed by atoms with E-state index in [9.17, 15) is 9.59 Å². The van der Waals surface area contributed by atoms with Crippen molar-refractivity contribution in [2.24, 2.45) is 0 Å². The zero-order chi connectivity index (χ0) is 14.8. The van der Waals surface area contributed by atoms with Gasteiger partial charge < -0.3 is 10.4 Å². The number of hydrogen-bond donors (Lipinski definition) is 3. The van der Waals surface area contributed by atoms with Crippen LogP contribution in [0.1, 0.15) is 21.0 Å². The van der Waals surface area contributed by atoms with E-state index in [1.165, 1.54) is 6.07 Å². The number of pyridine rings is 1. The van der Waals surface area contributed by atoms with Crippen LogP contribution in [0.15, 0.2) is 42.6 Å². The van der Waals surface area contributed by atoms with Gasteiger partial charge in [0.25, 0.3) is 5.91 Å². The molecule has 2 heterocycles. The van der Waals surface area contributed by atoms with Gasteiger partial charge in [-0.15, -0.1) is 0 Å². The summed E-state index contributed by atoms with van der Waals surface area (Å²) in [5.41, 5.74) is 0.157. The standard InChI is InChI=1S/C14H10N4O3/c19-13(16-11-7-10(14(20)21)17-18-11)12-9-4-2-1-3-8(9)5-6-15-12/h1-7H,(H,20,21)(H2,16,17,18,19). The third kappa shape index (κ3) is 2.44. The van der Waals surface area contributed by atoms with Crippen molar-refractivity contribution in [3.8, 4) is 0 Å². The lowest BCUT2D eigenvalue weighted by atomic mass is 10.1. The first-order valence-corrected chi connectivity index (χ1v) is 6.09. The smallest absolute Gasteiger partial charge is 0.353 e. The number of fused-ring (bicyclic) bond motifs is 1. The largest absolute Gasteiger partial charge is 0.477 e. The number of carbonyl (C=O) groups is 2. The Morgan fingerprint density at radius 3 is 2.76 bits per heavy atom. The fraction of sp³-hybridized carbons (Fsp3) is 0. The molecule has 1 aromatic carbocycles. The lowest BCUT2D eigenvalue weighted by molar-refractivity contribution is 0.0690. The molecule has 104 valence electrons. The summed E-state index contributed by atoms with van der Waals surface area (Å²) < 4.78 is 0. The molecule has 0 aliphatic heterocycles. The van der Waals surface area contributed by atoms with Crippen molar-refractivity contribution < 1.29 is 14.7 Å². The number of nitrogens with zero attached hydrogens (tertiary/aromatic N) is 2. The van der Waals surface area contributed by atoms with E-state index in [1.807, 2.05) is 24.3 Å². The van der Waals surface area contributed by atoms with E-state index < -0.39 is 11.9 Å². The summed E-state index contributed by atoms with van der Waals surface area (Å²) >= 11 is 0. The van der Waals surface area contributed by atoms with Gasteiger partial charge in [-0.2, -0.15) is 5.10 Å². The molecule has 0 bridgehead atoms. The second kappa shape index (κ2) is 5.04. The number of anilines is 1. The van der Waals surface area contributed by atoms with Gasteiger partial charge in [-0.05, 0) is 11.5 Å². The van der Waals surface area contributed by atoms with E-state index in [2.05, 4.69) is 20.5 Å². The van der Waals surface area contributed by atoms with Crippen LogP contribution >= 0.6 is 0 Å². The predicted octanol–water partition coefficient (Wildman–Crippen LogP) is 1.91. The first-order valence-electron chi connectivity index (χ1n) is 6.09. The number of carbonyl (C=O) groups excluding carboxylic acids is 1. The molecule has 3 N–H and O–H groups in total. The maximum Gasteiger partial charge on any atom is 0.353 e. The maximum absolute atomic E-state index is 12.2. The molecular formula is C14H10N4O3. The van der Waals surface area contributed by atoms with Crippen LogP contribution in [0.25, 0.3) is 10.8 Å². The molecule has 7 nitrogen and oxygen atoms in total. The molecule has 7 heteroatoms. The average molecular weight is 282 g/mol. The number of carboxylic acid groups (broad SMARTS) is 1. The second-order valence-electron chi connectivity index (χ2n) is 4.31. The summed E-state index contributed by atoms with van der Waals surface area (Å²) in [5.74, 6) is -1.46. The normalized spacial score (nSPS) is 10.5. The highest BCUT2D eigenvalue weighted by atomic mass is 16.4. The van der Waals surface area contributed by atoms with Crippen molar-refractivity contribution in [2.75, 3.05) is 5.32 Å². The monoisotopic (exact) mass is 282 g/mol. The Morgan fingerprint density at radius 2 is 2.00 bits per heavy atom. The Morgan fingerprint density at radius 1 is 1.19 bits per heavy atom. The van der Waals surface area contributed by atoms with Crippen LogP contribution < -0.4 is 5.32 Å². The summed E-state index contributed by atoms with van der Waals surface area (Å²) in [6.45, 7) is 0. The van der Waals surface area contributed by atoms with Crippen LogP contribution in [0.3, 0.4) is 0 Å². The summed E-state index contributed by atoms with van der Waals surface area (Å²) in [7, 11) is 0. The first-order chi connectivity index (χ1) is 10.1. The highest BCUT2D eigenvalue weighted by Gasteiger charge is 2.14. The van der Waals surface area contributed by atoms with Crippen LogP contribution in [0, 0.1) is 0 Å². The average Bonchev–Trinajstić information content (AvgIpc) is 2.95. The molecule has 0 fully saturated rings. The number of aromatic nitrogens is 3. The van der Waals surface area contributed by atoms with E-state index in [-0.39, 0.29) is 17.2 Å². The third-order valence-corrected chi connectivity index (χ3v) is 2.94. The lowest BCUT2D eigenvalue weighted by Crippen LogP contribution is -2.14. The van der Waals surface area contributed by atoms with Gasteiger partial charge in [0.1, 0.15) is 11.4 Å². The fourth-order valence-electron chi connectivity index (χ4n) is 1.97. The van der Waals surface area contributed by atoms with Crippen molar-refractivity contribution in [3.63, 3.8) is 0 Å². The highest BCUT2D eigenvalue weighted by Crippen LogP contribution is 2.17. The number of benzene rings is 1. The molecular weight excluding hydrogens is 272 g/mol. The third-order valence-electron chi connectivity index (χ3n) is 2.94. The maximum atomic E-state index is 12.2. The molecule has 0 unspecified atom stereocenters. The van der Waals surface area contributed by atoms with Crippen molar-refractivity contribution in [3.05, 3.63) is 54.0 Å². The minimum absolute atomic E-state index is 0.101.